The minimum Gasteiger partial charge on any atom is -0.489 e. The molecular formula is C25H22N2O3. The molecule has 5 nitrogen and oxygen atoms in total. The van der Waals surface area contributed by atoms with Crippen LogP contribution in [0.4, 0.5) is 11.4 Å². The van der Waals surface area contributed by atoms with Gasteiger partial charge in [-0.2, -0.15) is 0 Å². The second kappa shape index (κ2) is 8.66. The first-order valence-corrected chi connectivity index (χ1v) is 9.66. The maximum atomic E-state index is 12.0. The van der Waals surface area contributed by atoms with Crippen molar-refractivity contribution in [3.63, 3.8) is 0 Å². The van der Waals surface area contributed by atoms with Crippen molar-refractivity contribution in [3.05, 3.63) is 95.7 Å². The summed E-state index contributed by atoms with van der Waals surface area (Å²) in [5, 5.41) is 4.33. The highest BCUT2D eigenvalue weighted by Gasteiger charge is 2.13. The molecule has 0 aliphatic rings. The van der Waals surface area contributed by atoms with Gasteiger partial charge in [0.1, 0.15) is 12.4 Å². The molecule has 0 unspecified atom stereocenters. The fourth-order valence-corrected chi connectivity index (χ4v) is 3.18. The second-order valence-corrected chi connectivity index (χ2v) is 6.99. The molecule has 4 aromatic rings. The van der Waals surface area contributed by atoms with E-state index >= 15 is 0 Å². The molecule has 0 fully saturated rings. The van der Waals surface area contributed by atoms with E-state index in [1.807, 2.05) is 79.7 Å². The molecule has 5 heteroatoms. The minimum atomic E-state index is -0.467. The number of methoxy groups -OCH3 is 1. The summed E-state index contributed by atoms with van der Waals surface area (Å²) in [6, 6.07) is 25.4. The van der Waals surface area contributed by atoms with Crippen LogP contribution in [0.5, 0.6) is 5.75 Å². The zero-order valence-electron chi connectivity index (χ0n) is 16.9. The van der Waals surface area contributed by atoms with Gasteiger partial charge in [-0.25, -0.2) is 9.78 Å². The molecule has 150 valence electrons. The highest BCUT2D eigenvalue weighted by Crippen LogP contribution is 2.28. The van der Waals surface area contributed by atoms with Crippen molar-refractivity contribution >= 4 is 28.2 Å². The lowest BCUT2D eigenvalue weighted by Crippen LogP contribution is -2.06. The van der Waals surface area contributed by atoms with Crippen molar-refractivity contribution in [1.29, 1.82) is 0 Å². The van der Waals surface area contributed by atoms with Gasteiger partial charge in [0.25, 0.3) is 0 Å². The topological polar surface area (TPSA) is 60.5 Å². The first-order chi connectivity index (χ1) is 14.6. The third-order valence-corrected chi connectivity index (χ3v) is 4.74. The van der Waals surface area contributed by atoms with E-state index in [0.29, 0.717) is 6.61 Å². The first kappa shape index (κ1) is 19.5. The summed E-state index contributed by atoms with van der Waals surface area (Å²) in [5.74, 6) is 0.320. The molecule has 1 heterocycles. The van der Waals surface area contributed by atoms with E-state index in [1.165, 1.54) is 7.11 Å². The van der Waals surface area contributed by atoms with E-state index in [1.54, 1.807) is 6.07 Å². The maximum absolute atomic E-state index is 12.0. The Labute approximate surface area is 175 Å². The highest BCUT2D eigenvalue weighted by atomic mass is 16.5. The number of aromatic nitrogens is 1. The molecule has 0 aliphatic heterocycles. The zero-order valence-corrected chi connectivity index (χ0v) is 16.9. The van der Waals surface area contributed by atoms with Crippen LogP contribution < -0.4 is 10.1 Å². The van der Waals surface area contributed by atoms with Crippen LogP contribution in [0.25, 0.3) is 10.9 Å². The predicted molar refractivity (Wildman–Crippen MR) is 118 cm³/mol. The molecule has 0 spiro atoms. The van der Waals surface area contributed by atoms with Crippen LogP contribution in [0.3, 0.4) is 0 Å². The summed E-state index contributed by atoms with van der Waals surface area (Å²) in [6.07, 6.45) is 0. The van der Waals surface area contributed by atoms with Crippen molar-refractivity contribution in [1.82, 2.24) is 4.98 Å². The average Bonchev–Trinajstić information content (AvgIpc) is 2.79. The molecule has 0 atom stereocenters. The molecule has 3 aromatic carbocycles. The molecule has 4 rings (SSSR count). The summed E-state index contributed by atoms with van der Waals surface area (Å²) in [6.45, 7) is 2.54. The fourth-order valence-electron chi connectivity index (χ4n) is 3.18. The van der Waals surface area contributed by atoms with Gasteiger partial charge in [-0.15, -0.1) is 0 Å². The zero-order chi connectivity index (χ0) is 20.9. The number of benzene rings is 3. The van der Waals surface area contributed by atoms with Crippen LogP contribution in [0, 0.1) is 6.92 Å². The Morgan fingerprint density at radius 2 is 1.73 bits per heavy atom. The van der Waals surface area contributed by atoms with Crippen molar-refractivity contribution in [2.24, 2.45) is 0 Å². The molecular weight excluding hydrogens is 376 g/mol. The van der Waals surface area contributed by atoms with Gasteiger partial charge in [0, 0.05) is 11.1 Å². The van der Waals surface area contributed by atoms with E-state index in [2.05, 4.69) is 10.3 Å². The number of pyridine rings is 1. The van der Waals surface area contributed by atoms with Gasteiger partial charge in [-0.3, -0.25) is 0 Å². The number of carbonyl (C=O) groups is 1. The lowest BCUT2D eigenvalue weighted by Gasteiger charge is -2.13. The number of fused-ring (bicyclic) bond motifs is 1. The SMILES string of the molecule is COC(=O)c1cc(Nc2ccc(OCc3ccccc3)cc2)c2cc(C)ccc2n1. The molecule has 1 N–H and O–H groups in total. The smallest absolute Gasteiger partial charge is 0.356 e. The number of aryl methyl sites for hydroxylation is 1. The summed E-state index contributed by atoms with van der Waals surface area (Å²) in [4.78, 5) is 16.5. The Hall–Kier alpha value is -3.86. The van der Waals surface area contributed by atoms with E-state index < -0.39 is 5.97 Å². The molecule has 0 saturated heterocycles. The van der Waals surface area contributed by atoms with Gasteiger partial charge in [-0.05, 0) is 55.0 Å². The maximum Gasteiger partial charge on any atom is 0.356 e. The van der Waals surface area contributed by atoms with Gasteiger partial charge in [0.2, 0.25) is 0 Å². The van der Waals surface area contributed by atoms with Gasteiger partial charge in [-0.1, -0.05) is 42.0 Å². The second-order valence-electron chi connectivity index (χ2n) is 6.99. The number of rotatable bonds is 6. The number of hydrogen-bond donors (Lipinski definition) is 1. The predicted octanol–water partition coefficient (Wildman–Crippen LogP) is 5.65. The Balaban J connectivity index is 1.57. The number of ether oxygens (including phenoxy) is 2. The van der Waals surface area contributed by atoms with Crippen LogP contribution in [-0.4, -0.2) is 18.1 Å². The first-order valence-electron chi connectivity index (χ1n) is 9.66. The van der Waals surface area contributed by atoms with Gasteiger partial charge in [0.05, 0.1) is 18.3 Å². The summed E-state index contributed by atoms with van der Waals surface area (Å²) < 4.78 is 10.7. The van der Waals surface area contributed by atoms with E-state index in [9.17, 15) is 4.79 Å². The van der Waals surface area contributed by atoms with Gasteiger partial charge in [0.15, 0.2) is 5.69 Å². The standard InChI is InChI=1S/C25H22N2O3/c1-17-8-13-22-21(14-17)23(15-24(27-22)25(28)29-2)26-19-9-11-20(12-10-19)30-16-18-6-4-3-5-7-18/h3-15H,16H2,1-2H3,(H,26,27). The highest BCUT2D eigenvalue weighted by molar-refractivity contribution is 5.99. The Morgan fingerprint density at radius 3 is 2.47 bits per heavy atom. The van der Waals surface area contributed by atoms with Crippen LogP contribution in [0.2, 0.25) is 0 Å². The largest absolute Gasteiger partial charge is 0.489 e. The lowest BCUT2D eigenvalue weighted by molar-refractivity contribution is 0.0594. The van der Waals surface area contributed by atoms with E-state index in [0.717, 1.165) is 39.2 Å². The lowest BCUT2D eigenvalue weighted by atomic mass is 10.1. The molecule has 0 aliphatic carbocycles. The number of anilines is 2. The summed E-state index contributed by atoms with van der Waals surface area (Å²) in [5.41, 5.74) is 4.90. The molecule has 30 heavy (non-hydrogen) atoms. The minimum absolute atomic E-state index is 0.263. The Morgan fingerprint density at radius 1 is 0.967 bits per heavy atom. The fraction of sp³-hybridized carbons (Fsp3) is 0.120. The third kappa shape index (κ3) is 4.41. The summed E-state index contributed by atoms with van der Waals surface area (Å²) in [7, 11) is 1.35. The Bertz CT molecular complexity index is 1170. The van der Waals surface area contributed by atoms with Crippen molar-refractivity contribution in [2.75, 3.05) is 12.4 Å². The quantitative estimate of drug-likeness (QED) is 0.425. The van der Waals surface area contributed by atoms with Gasteiger partial charge < -0.3 is 14.8 Å². The van der Waals surface area contributed by atoms with Gasteiger partial charge >= 0.3 is 5.97 Å². The van der Waals surface area contributed by atoms with Crippen LogP contribution >= 0.6 is 0 Å². The van der Waals surface area contributed by atoms with Crippen molar-refractivity contribution in [2.45, 2.75) is 13.5 Å². The third-order valence-electron chi connectivity index (χ3n) is 4.74. The van der Waals surface area contributed by atoms with Crippen molar-refractivity contribution in [3.8, 4) is 5.75 Å². The van der Waals surface area contributed by atoms with E-state index in [-0.39, 0.29) is 5.69 Å². The molecule has 0 radical (unpaired) electrons. The van der Waals surface area contributed by atoms with Crippen LogP contribution in [0.15, 0.2) is 78.9 Å². The van der Waals surface area contributed by atoms with E-state index in [4.69, 9.17) is 9.47 Å². The average molecular weight is 398 g/mol. The van der Waals surface area contributed by atoms with Crippen LogP contribution in [0.1, 0.15) is 21.6 Å². The Kier molecular flexibility index (Phi) is 5.61. The monoisotopic (exact) mass is 398 g/mol. The number of carbonyl (C=O) groups excluding carboxylic acids is 1. The number of nitrogens with one attached hydrogen (secondary N) is 1. The number of nitrogens with zero attached hydrogens (tertiary/aromatic N) is 1. The van der Waals surface area contributed by atoms with Crippen LogP contribution in [-0.2, 0) is 11.3 Å². The molecule has 0 saturated carbocycles. The molecule has 1 aromatic heterocycles. The summed E-state index contributed by atoms with van der Waals surface area (Å²) >= 11 is 0. The molecule has 0 amide bonds. The van der Waals surface area contributed by atoms with Crippen molar-refractivity contribution < 1.29 is 14.3 Å². The number of esters is 1. The normalized spacial score (nSPS) is 10.6. The molecule has 0 bridgehead atoms. The number of hydrogen-bond acceptors (Lipinski definition) is 5.